The van der Waals surface area contributed by atoms with E-state index in [0.29, 0.717) is 23.5 Å². The highest BCUT2D eigenvalue weighted by Gasteiger charge is 2.31. The fourth-order valence-corrected chi connectivity index (χ4v) is 4.76. The topological polar surface area (TPSA) is 32.3 Å². The van der Waals surface area contributed by atoms with Crippen LogP contribution < -0.4 is 5.32 Å². The molecule has 1 saturated heterocycles. The molecule has 1 unspecified atom stereocenters. The van der Waals surface area contributed by atoms with Crippen LogP contribution in [-0.4, -0.2) is 30.4 Å². The van der Waals surface area contributed by atoms with Crippen LogP contribution in [0.1, 0.15) is 27.2 Å². The average Bonchev–Trinajstić information content (AvgIpc) is 3.42. The van der Waals surface area contributed by atoms with Crippen LogP contribution in [0.25, 0.3) is 11.1 Å². The predicted molar refractivity (Wildman–Crippen MR) is 117 cm³/mol. The highest BCUT2D eigenvalue weighted by atomic mass is 32.1. The van der Waals surface area contributed by atoms with Gasteiger partial charge in [-0.1, -0.05) is 30.3 Å². The second kappa shape index (κ2) is 9.42. The van der Waals surface area contributed by atoms with Crippen LogP contribution in [-0.2, 0) is 12.7 Å². The van der Waals surface area contributed by atoms with Crippen LogP contribution in [0, 0.1) is 11.7 Å². The van der Waals surface area contributed by atoms with E-state index in [1.807, 2.05) is 5.38 Å². The molecule has 0 spiro atoms. The second-order valence-electron chi connectivity index (χ2n) is 8.01. The molecule has 1 atom stereocenters. The SMILES string of the molecule is O=C(NCC1CCN(Cc2cccc(C(F)(F)F)c2)C1)c1cc(-c2cccc(F)c2)cs1. The first-order valence-corrected chi connectivity index (χ1v) is 11.2. The normalized spacial score (nSPS) is 16.9. The fourth-order valence-electron chi connectivity index (χ4n) is 3.93. The predicted octanol–water partition coefficient (Wildman–Crippen LogP) is 5.82. The Bertz CT molecular complexity index is 1100. The maximum atomic E-state index is 13.4. The third-order valence-corrected chi connectivity index (χ3v) is 6.49. The number of nitrogens with zero attached hydrogens (tertiary/aromatic N) is 1. The van der Waals surface area contributed by atoms with Gasteiger partial charge in [0, 0.05) is 19.6 Å². The van der Waals surface area contributed by atoms with Crippen molar-refractivity contribution in [3.05, 3.63) is 81.8 Å². The first-order valence-electron chi connectivity index (χ1n) is 10.3. The lowest BCUT2D eigenvalue weighted by atomic mass is 10.1. The lowest BCUT2D eigenvalue weighted by Gasteiger charge is -2.17. The summed E-state index contributed by atoms with van der Waals surface area (Å²) in [4.78, 5) is 15.2. The molecular weight excluding hydrogens is 440 g/mol. The summed E-state index contributed by atoms with van der Waals surface area (Å²) in [5.74, 6) is -0.253. The van der Waals surface area contributed by atoms with E-state index in [4.69, 9.17) is 0 Å². The molecule has 1 fully saturated rings. The molecule has 2 heterocycles. The quantitative estimate of drug-likeness (QED) is 0.468. The molecule has 1 N–H and O–H groups in total. The number of halogens is 4. The summed E-state index contributed by atoms with van der Waals surface area (Å²) >= 11 is 1.31. The number of alkyl halides is 3. The fraction of sp³-hybridized carbons (Fsp3) is 0.292. The standard InChI is InChI=1S/C24H22F4N2OS/c25-21-6-2-4-18(10-21)19-11-22(32-15-19)23(31)29-12-17-7-8-30(14-17)13-16-3-1-5-20(9-16)24(26,27)28/h1-6,9-11,15,17H,7-8,12-14H2,(H,29,31). The monoisotopic (exact) mass is 462 g/mol. The van der Waals surface area contributed by atoms with Crippen LogP contribution in [0.4, 0.5) is 17.6 Å². The molecule has 1 aliphatic rings. The average molecular weight is 463 g/mol. The van der Waals surface area contributed by atoms with Crippen LogP contribution in [0.15, 0.2) is 60.0 Å². The highest BCUT2D eigenvalue weighted by Crippen LogP contribution is 2.30. The summed E-state index contributed by atoms with van der Waals surface area (Å²) in [5.41, 5.74) is 1.52. The molecule has 0 radical (unpaired) electrons. The Balaban J connectivity index is 1.28. The van der Waals surface area contributed by atoms with Gasteiger partial charge in [-0.2, -0.15) is 13.2 Å². The smallest absolute Gasteiger partial charge is 0.351 e. The van der Waals surface area contributed by atoms with E-state index >= 15 is 0 Å². The van der Waals surface area contributed by atoms with E-state index < -0.39 is 11.7 Å². The second-order valence-corrected chi connectivity index (χ2v) is 8.92. The van der Waals surface area contributed by atoms with Crippen molar-refractivity contribution >= 4 is 17.2 Å². The van der Waals surface area contributed by atoms with Gasteiger partial charge in [0.05, 0.1) is 10.4 Å². The first kappa shape index (κ1) is 22.5. The Hall–Kier alpha value is -2.71. The van der Waals surface area contributed by atoms with E-state index in [0.717, 1.165) is 36.7 Å². The van der Waals surface area contributed by atoms with Crippen LogP contribution in [0.3, 0.4) is 0 Å². The number of carbonyl (C=O) groups is 1. The third-order valence-electron chi connectivity index (χ3n) is 5.56. The first-order chi connectivity index (χ1) is 15.3. The molecule has 0 aliphatic carbocycles. The Labute approximate surface area is 187 Å². The van der Waals surface area contributed by atoms with E-state index in [-0.39, 0.29) is 17.6 Å². The van der Waals surface area contributed by atoms with Crippen molar-refractivity contribution in [1.29, 1.82) is 0 Å². The van der Waals surface area contributed by atoms with Gasteiger partial charge >= 0.3 is 6.18 Å². The summed E-state index contributed by atoms with van der Waals surface area (Å²) in [6, 6.07) is 13.4. The van der Waals surface area contributed by atoms with Gasteiger partial charge < -0.3 is 5.32 Å². The van der Waals surface area contributed by atoms with Crippen molar-refractivity contribution in [1.82, 2.24) is 10.2 Å². The maximum Gasteiger partial charge on any atom is 0.416 e. The van der Waals surface area contributed by atoms with Crippen LogP contribution in [0.5, 0.6) is 0 Å². The lowest BCUT2D eigenvalue weighted by molar-refractivity contribution is -0.137. The molecule has 32 heavy (non-hydrogen) atoms. The molecule has 4 rings (SSSR count). The van der Waals surface area contributed by atoms with Crippen molar-refractivity contribution in [2.75, 3.05) is 19.6 Å². The van der Waals surface area contributed by atoms with Crippen molar-refractivity contribution < 1.29 is 22.4 Å². The zero-order chi connectivity index (χ0) is 22.7. The number of amides is 1. The number of nitrogens with one attached hydrogen (secondary N) is 1. The number of carbonyl (C=O) groups excluding carboxylic acids is 1. The van der Waals surface area contributed by atoms with Gasteiger partial charge in [-0.3, -0.25) is 9.69 Å². The summed E-state index contributed by atoms with van der Waals surface area (Å²) < 4.78 is 52.1. The minimum absolute atomic E-state index is 0.172. The molecule has 8 heteroatoms. The molecule has 0 bridgehead atoms. The minimum atomic E-state index is -4.34. The van der Waals surface area contributed by atoms with Gasteiger partial charge in [0.2, 0.25) is 0 Å². The molecule has 168 valence electrons. The molecule has 3 aromatic rings. The summed E-state index contributed by atoms with van der Waals surface area (Å²) in [6.07, 6.45) is -3.47. The molecule has 3 nitrogen and oxygen atoms in total. The summed E-state index contributed by atoms with van der Waals surface area (Å²) in [7, 11) is 0. The van der Waals surface area contributed by atoms with E-state index in [1.165, 1.54) is 35.6 Å². The van der Waals surface area contributed by atoms with Crippen molar-refractivity contribution in [3.63, 3.8) is 0 Å². The number of likely N-dealkylation sites (tertiary alicyclic amines) is 1. The van der Waals surface area contributed by atoms with Crippen molar-refractivity contribution in [2.45, 2.75) is 19.1 Å². The third kappa shape index (κ3) is 5.55. The number of hydrogen-bond acceptors (Lipinski definition) is 3. The Morgan fingerprint density at radius 2 is 1.91 bits per heavy atom. The molecule has 0 saturated carbocycles. The molecule has 1 amide bonds. The van der Waals surface area contributed by atoms with Gasteiger partial charge in [0.25, 0.3) is 5.91 Å². The van der Waals surface area contributed by atoms with Gasteiger partial charge in [-0.05, 0) is 65.2 Å². The number of rotatable bonds is 6. The van der Waals surface area contributed by atoms with Gasteiger partial charge in [-0.25, -0.2) is 4.39 Å². The number of thiophene rings is 1. The molecular formula is C24H22F4N2OS. The van der Waals surface area contributed by atoms with Crippen molar-refractivity contribution in [3.8, 4) is 11.1 Å². The number of hydrogen-bond donors (Lipinski definition) is 1. The minimum Gasteiger partial charge on any atom is -0.351 e. The summed E-state index contributed by atoms with van der Waals surface area (Å²) in [6.45, 7) is 2.45. The Morgan fingerprint density at radius 1 is 1.09 bits per heavy atom. The van der Waals surface area contributed by atoms with Gasteiger partial charge in [0.1, 0.15) is 5.82 Å². The number of benzene rings is 2. The molecule has 1 aromatic heterocycles. The maximum absolute atomic E-state index is 13.4. The largest absolute Gasteiger partial charge is 0.416 e. The molecule has 2 aromatic carbocycles. The van der Waals surface area contributed by atoms with Crippen molar-refractivity contribution in [2.24, 2.45) is 5.92 Å². The highest BCUT2D eigenvalue weighted by molar-refractivity contribution is 7.12. The zero-order valence-electron chi connectivity index (χ0n) is 17.2. The van der Waals surface area contributed by atoms with Crippen LogP contribution >= 0.6 is 11.3 Å². The van der Waals surface area contributed by atoms with E-state index in [1.54, 1.807) is 24.3 Å². The Kier molecular flexibility index (Phi) is 6.62. The lowest BCUT2D eigenvalue weighted by Crippen LogP contribution is -2.30. The van der Waals surface area contributed by atoms with Gasteiger partial charge in [-0.15, -0.1) is 11.3 Å². The van der Waals surface area contributed by atoms with Gasteiger partial charge in [0.15, 0.2) is 0 Å². The van der Waals surface area contributed by atoms with Crippen LogP contribution in [0.2, 0.25) is 0 Å². The Morgan fingerprint density at radius 3 is 2.69 bits per heavy atom. The zero-order valence-corrected chi connectivity index (χ0v) is 18.0. The molecule has 1 aliphatic heterocycles. The van der Waals surface area contributed by atoms with E-state index in [2.05, 4.69) is 10.2 Å². The van der Waals surface area contributed by atoms with E-state index in [9.17, 15) is 22.4 Å². The summed E-state index contributed by atoms with van der Waals surface area (Å²) in [5, 5.41) is 4.78.